The molecule has 1 atom stereocenters. The van der Waals surface area contributed by atoms with Crippen LogP contribution in [0.1, 0.15) is 31.9 Å². The molecule has 2 nitrogen and oxygen atoms in total. The molecule has 1 N–H and O–H groups in total. The van der Waals surface area contributed by atoms with Crippen molar-refractivity contribution in [1.29, 1.82) is 0 Å². The molecular formula is C12H18FNO. The van der Waals surface area contributed by atoms with E-state index in [1.165, 1.54) is 13.2 Å². The van der Waals surface area contributed by atoms with Crippen LogP contribution in [-0.2, 0) is 0 Å². The smallest absolute Gasteiger partial charge is 0.131 e. The van der Waals surface area contributed by atoms with Crippen LogP contribution in [0.15, 0.2) is 18.2 Å². The molecule has 1 aromatic rings. The number of rotatable bonds is 5. The van der Waals surface area contributed by atoms with Gasteiger partial charge in [0.25, 0.3) is 0 Å². The Kier molecular flexibility index (Phi) is 4.56. The van der Waals surface area contributed by atoms with Crippen LogP contribution in [0.25, 0.3) is 0 Å². The predicted molar refractivity (Wildman–Crippen MR) is 59.7 cm³/mol. The molecule has 0 bridgehead atoms. The summed E-state index contributed by atoms with van der Waals surface area (Å²) in [5.41, 5.74) is 0.684. The largest absolute Gasteiger partial charge is 0.497 e. The van der Waals surface area contributed by atoms with E-state index in [9.17, 15) is 4.39 Å². The molecule has 0 unspecified atom stereocenters. The highest BCUT2D eigenvalue weighted by atomic mass is 19.1. The highest BCUT2D eigenvalue weighted by Crippen LogP contribution is 2.21. The van der Waals surface area contributed by atoms with Crippen molar-refractivity contribution in [3.05, 3.63) is 29.6 Å². The van der Waals surface area contributed by atoms with E-state index in [4.69, 9.17) is 4.74 Å². The number of ether oxygens (including phenoxy) is 1. The van der Waals surface area contributed by atoms with Crippen LogP contribution in [0.4, 0.5) is 4.39 Å². The van der Waals surface area contributed by atoms with Gasteiger partial charge in [-0.05, 0) is 26.0 Å². The lowest BCUT2D eigenvalue weighted by atomic mass is 10.1. The summed E-state index contributed by atoms with van der Waals surface area (Å²) in [4.78, 5) is 0. The second kappa shape index (κ2) is 5.71. The van der Waals surface area contributed by atoms with Gasteiger partial charge in [-0.2, -0.15) is 0 Å². The quantitative estimate of drug-likeness (QED) is 0.808. The fraction of sp³-hybridized carbons (Fsp3) is 0.500. The summed E-state index contributed by atoms with van der Waals surface area (Å²) < 4.78 is 18.5. The van der Waals surface area contributed by atoms with Gasteiger partial charge in [0.1, 0.15) is 11.6 Å². The topological polar surface area (TPSA) is 21.3 Å². The Hall–Kier alpha value is -1.09. The molecule has 0 aliphatic rings. The maximum atomic E-state index is 13.6. The molecule has 1 rings (SSSR count). The summed E-state index contributed by atoms with van der Waals surface area (Å²) in [5, 5.41) is 3.25. The van der Waals surface area contributed by atoms with Crippen LogP contribution in [-0.4, -0.2) is 13.7 Å². The minimum atomic E-state index is -0.217. The standard InChI is InChI=1S/C12H18FNO/c1-4-7-14-9(2)11-6-5-10(15-3)8-12(11)13/h5-6,8-9,14H,4,7H2,1-3H3/t9-/m1/s1. The van der Waals surface area contributed by atoms with Crippen LogP contribution in [0, 0.1) is 5.82 Å². The Morgan fingerprint density at radius 2 is 2.20 bits per heavy atom. The summed E-state index contributed by atoms with van der Waals surface area (Å²) >= 11 is 0. The molecule has 0 aliphatic carbocycles. The lowest BCUT2D eigenvalue weighted by Gasteiger charge is -2.14. The van der Waals surface area contributed by atoms with Gasteiger partial charge in [-0.3, -0.25) is 0 Å². The molecule has 0 amide bonds. The van der Waals surface area contributed by atoms with Crippen molar-refractivity contribution in [3.63, 3.8) is 0 Å². The van der Waals surface area contributed by atoms with E-state index in [1.54, 1.807) is 12.1 Å². The van der Waals surface area contributed by atoms with Crippen LogP contribution in [0.2, 0.25) is 0 Å². The Morgan fingerprint density at radius 3 is 2.73 bits per heavy atom. The summed E-state index contributed by atoms with van der Waals surface area (Å²) in [5.74, 6) is 0.337. The Labute approximate surface area is 90.4 Å². The molecule has 15 heavy (non-hydrogen) atoms. The number of hydrogen-bond acceptors (Lipinski definition) is 2. The summed E-state index contributed by atoms with van der Waals surface area (Å²) in [6.07, 6.45) is 1.04. The predicted octanol–water partition coefficient (Wildman–Crippen LogP) is 2.89. The van der Waals surface area contributed by atoms with Gasteiger partial charge in [-0.15, -0.1) is 0 Å². The van der Waals surface area contributed by atoms with Crippen molar-refractivity contribution < 1.29 is 9.13 Å². The normalized spacial score (nSPS) is 12.5. The van der Waals surface area contributed by atoms with Crippen molar-refractivity contribution in [2.75, 3.05) is 13.7 Å². The molecule has 0 aliphatic heterocycles. The van der Waals surface area contributed by atoms with Gasteiger partial charge in [0.2, 0.25) is 0 Å². The molecule has 0 saturated heterocycles. The average molecular weight is 211 g/mol. The van der Waals surface area contributed by atoms with E-state index in [0.29, 0.717) is 11.3 Å². The first-order valence-electron chi connectivity index (χ1n) is 5.25. The van der Waals surface area contributed by atoms with Gasteiger partial charge < -0.3 is 10.1 Å². The van der Waals surface area contributed by atoms with E-state index in [0.717, 1.165) is 13.0 Å². The number of hydrogen-bond donors (Lipinski definition) is 1. The van der Waals surface area contributed by atoms with Gasteiger partial charge in [-0.25, -0.2) is 4.39 Å². The second-order valence-electron chi connectivity index (χ2n) is 3.56. The van der Waals surface area contributed by atoms with Gasteiger partial charge in [0.15, 0.2) is 0 Å². The molecule has 3 heteroatoms. The fourth-order valence-electron chi connectivity index (χ4n) is 1.46. The molecule has 0 fully saturated rings. The summed E-state index contributed by atoms with van der Waals surface area (Å²) in [7, 11) is 1.53. The van der Waals surface area contributed by atoms with Crippen LogP contribution < -0.4 is 10.1 Å². The van der Waals surface area contributed by atoms with Crippen molar-refractivity contribution >= 4 is 0 Å². The maximum absolute atomic E-state index is 13.6. The van der Waals surface area contributed by atoms with Gasteiger partial charge in [-0.1, -0.05) is 13.0 Å². The van der Waals surface area contributed by atoms with Gasteiger partial charge in [0, 0.05) is 17.7 Å². The SMILES string of the molecule is CCCN[C@H](C)c1ccc(OC)cc1F. The molecule has 1 aromatic carbocycles. The second-order valence-corrected chi connectivity index (χ2v) is 3.56. The molecule has 84 valence electrons. The Morgan fingerprint density at radius 1 is 1.47 bits per heavy atom. The monoisotopic (exact) mass is 211 g/mol. The van der Waals surface area contributed by atoms with E-state index in [1.807, 2.05) is 6.92 Å². The summed E-state index contributed by atoms with van der Waals surface area (Å²) in [6.45, 7) is 4.94. The molecule has 0 aromatic heterocycles. The third-order valence-electron chi connectivity index (χ3n) is 2.37. The molecular weight excluding hydrogens is 193 g/mol. The van der Waals surface area contributed by atoms with Crippen LogP contribution in [0.3, 0.4) is 0 Å². The van der Waals surface area contributed by atoms with E-state index < -0.39 is 0 Å². The van der Waals surface area contributed by atoms with Crippen LogP contribution in [0.5, 0.6) is 5.75 Å². The van der Waals surface area contributed by atoms with Gasteiger partial charge in [0.05, 0.1) is 7.11 Å². The summed E-state index contributed by atoms with van der Waals surface area (Å²) in [6, 6.07) is 5.00. The number of methoxy groups -OCH3 is 1. The maximum Gasteiger partial charge on any atom is 0.131 e. The first kappa shape index (κ1) is 12.0. The molecule has 0 heterocycles. The van der Waals surface area contributed by atoms with Crippen molar-refractivity contribution in [1.82, 2.24) is 5.32 Å². The third kappa shape index (κ3) is 3.20. The zero-order valence-corrected chi connectivity index (χ0v) is 9.51. The highest BCUT2D eigenvalue weighted by Gasteiger charge is 2.10. The van der Waals surface area contributed by atoms with E-state index in [-0.39, 0.29) is 11.9 Å². The lowest BCUT2D eigenvalue weighted by Crippen LogP contribution is -2.20. The first-order valence-corrected chi connectivity index (χ1v) is 5.25. The van der Waals surface area contributed by atoms with E-state index >= 15 is 0 Å². The average Bonchev–Trinajstić information content (AvgIpc) is 2.25. The van der Waals surface area contributed by atoms with Gasteiger partial charge >= 0.3 is 0 Å². The number of nitrogens with one attached hydrogen (secondary N) is 1. The Bertz CT molecular complexity index is 314. The van der Waals surface area contributed by atoms with Crippen molar-refractivity contribution in [3.8, 4) is 5.75 Å². The first-order chi connectivity index (χ1) is 7.19. The zero-order chi connectivity index (χ0) is 11.3. The molecule has 0 radical (unpaired) electrons. The minimum absolute atomic E-state index is 0.0378. The molecule has 0 saturated carbocycles. The number of halogens is 1. The number of benzene rings is 1. The minimum Gasteiger partial charge on any atom is -0.497 e. The van der Waals surface area contributed by atoms with Crippen molar-refractivity contribution in [2.24, 2.45) is 0 Å². The lowest BCUT2D eigenvalue weighted by molar-refractivity contribution is 0.409. The highest BCUT2D eigenvalue weighted by molar-refractivity contribution is 5.30. The van der Waals surface area contributed by atoms with Crippen LogP contribution >= 0.6 is 0 Å². The molecule has 0 spiro atoms. The van der Waals surface area contributed by atoms with Crippen molar-refractivity contribution in [2.45, 2.75) is 26.3 Å². The van der Waals surface area contributed by atoms with E-state index in [2.05, 4.69) is 12.2 Å². The zero-order valence-electron chi connectivity index (χ0n) is 9.51. The third-order valence-corrected chi connectivity index (χ3v) is 2.37. The Balaban J connectivity index is 2.76. The fourth-order valence-corrected chi connectivity index (χ4v) is 1.46.